The van der Waals surface area contributed by atoms with Gasteiger partial charge in [0.15, 0.2) is 0 Å². The minimum atomic E-state index is -0.650. The zero-order chi connectivity index (χ0) is 19.9. The molecule has 0 amide bonds. The number of hydrogen-bond donors (Lipinski definition) is 0. The van der Waals surface area contributed by atoms with Crippen molar-refractivity contribution in [2.45, 2.75) is 44.3 Å². The minimum absolute atomic E-state index is 0.00350. The highest BCUT2D eigenvalue weighted by Crippen LogP contribution is 2.41. The lowest BCUT2D eigenvalue weighted by Gasteiger charge is -2.37. The molecule has 3 aromatic rings. The summed E-state index contributed by atoms with van der Waals surface area (Å²) in [4.78, 5) is 0. The molecule has 0 aromatic heterocycles. The number of allylic oxidation sites excluding steroid dienone is 1. The van der Waals surface area contributed by atoms with Gasteiger partial charge in [-0.2, -0.15) is 0 Å². The van der Waals surface area contributed by atoms with E-state index in [1.165, 1.54) is 25.7 Å². The predicted molar refractivity (Wildman–Crippen MR) is 121 cm³/mol. The lowest BCUT2D eigenvalue weighted by molar-refractivity contribution is -0.0160. The first-order chi connectivity index (χ1) is 14.3. The molecule has 1 unspecified atom stereocenters. The summed E-state index contributed by atoms with van der Waals surface area (Å²) in [7, 11) is 0. The molecule has 0 aliphatic heterocycles. The van der Waals surface area contributed by atoms with Crippen molar-refractivity contribution in [3.8, 4) is 0 Å². The van der Waals surface area contributed by atoms with Gasteiger partial charge in [0.25, 0.3) is 0 Å². The zero-order valence-electron chi connectivity index (χ0n) is 17.2. The van der Waals surface area contributed by atoms with Crippen molar-refractivity contribution in [1.82, 2.24) is 0 Å². The maximum absolute atomic E-state index is 6.97. The lowest BCUT2D eigenvalue weighted by atomic mass is 9.80. The van der Waals surface area contributed by atoms with Gasteiger partial charge in [0, 0.05) is 0 Å². The minimum Gasteiger partial charge on any atom is -0.354 e. The standard InChI is InChI=1S/C28H30O/c1-23(21-22-24-13-11-12-14-24)29-28(25-15-5-2-6-16-25,26-17-7-3-8-18-26)27-19-9-4-10-20-27/h2-10,15-24H,11-14H2,1H3. The molecule has 1 fully saturated rings. The third-order valence-electron chi connectivity index (χ3n) is 5.96. The normalized spacial score (nSPS) is 16.3. The molecular weight excluding hydrogens is 352 g/mol. The molecule has 0 heterocycles. The van der Waals surface area contributed by atoms with Gasteiger partial charge in [-0.3, -0.25) is 0 Å². The summed E-state index contributed by atoms with van der Waals surface area (Å²) in [6.45, 7) is 2.16. The van der Waals surface area contributed by atoms with Crippen LogP contribution in [0.1, 0.15) is 49.3 Å². The molecule has 4 rings (SSSR count). The molecule has 0 saturated heterocycles. The molecule has 0 radical (unpaired) electrons. The molecule has 0 bridgehead atoms. The Labute approximate surface area is 175 Å². The van der Waals surface area contributed by atoms with Crippen LogP contribution in [0.15, 0.2) is 103 Å². The highest BCUT2D eigenvalue weighted by molar-refractivity contribution is 5.47. The maximum atomic E-state index is 6.97. The third kappa shape index (κ3) is 4.36. The molecule has 148 valence electrons. The summed E-state index contributed by atoms with van der Waals surface area (Å²) in [5.74, 6) is 0.709. The second kappa shape index (κ2) is 9.24. The first kappa shape index (κ1) is 19.7. The van der Waals surface area contributed by atoms with Crippen molar-refractivity contribution in [2.75, 3.05) is 0 Å². The highest BCUT2D eigenvalue weighted by Gasteiger charge is 2.38. The van der Waals surface area contributed by atoms with Crippen LogP contribution in [-0.2, 0) is 10.3 Å². The van der Waals surface area contributed by atoms with Crippen LogP contribution < -0.4 is 0 Å². The van der Waals surface area contributed by atoms with E-state index in [9.17, 15) is 0 Å². The van der Waals surface area contributed by atoms with Gasteiger partial charge in [-0.05, 0) is 42.4 Å². The second-order valence-electron chi connectivity index (χ2n) is 8.03. The molecule has 0 N–H and O–H groups in total. The van der Waals surface area contributed by atoms with Crippen LogP contribution in [-0.4, -0.2) is 6.10 Å². The first-order valence-corrected chi connectivity index (χ1v) is 10.8. The van der Waals surface area contributed by atoms with Gasteiger partial charge in [-0.1, -0.05) is 116 Å². The van der Waals surface area contributed by atoms with Crippen molar-refractivity contribution in [1.29, 1.82) is 0 Å². The fraction of sp³-hybridized carbons (Fsp3) is 0.286. The van der Waals surface area contributed by atoms with Crippen LogP contribution in [0.2, 0.25) is 0 Å². The fourth-order valence-corrected chi connectivity index (χ4v) is 4.50. The first-order valence-electron chi connectivity index (χ1n) is 10.8. The van der Waals surface area contributed by atoms with Crippen molar-refractivity contribution < 1.29 is 4.74 Å². The van der Waals surface area contributed by atoms with E-state index in [0.29, 0.717) is 5.92 Å². The van der Waals surface area contributed by atoms with Crippen molar-refractivity contribution in [3.05, 3.63) is 120 Å². The maximum Gasteiger partial charge on any atom is 0.144 e. The van der Waals surface area contributed by atoms with Crippen LogP contribution in [0, 0.1) is 5.92 Å². The molecule has 29 heavy (non-hydrogen) atoms. The van der Waals surface area contributed by atoms with Gasteiger partial charge < -0.3 is 4.74 Å². The van der Waals surface area contributed by atoms with E-state index >= 15 is 0 Å². The molecule has 1 saturated carbocycles. The average Bonchev–Trinajstić information content (AvgIpc) is 3.32. The van der Waals surface area contributed by atoms with E-state index < -0.39 is 5.60 Å². The smallest absolute Gasteiger partial charge is 0.144 e. The van der Waals surface area contributed by atoms with Crippen LogP contribution in [0.4, 0.5) is 0 Å². The van der Waals surface area contributed by atoms with Gasteiger partial charge in [0.2, 0.25) is 0 Å². The fourth-order valence-electron chi connectivity index (χ4n) is 4.50. The number of benzene rings is 3. The van der Waals surface area contributed by atoms with Gasteiger partial charge in [-0.25, -0.2) is 0 Å². The Morgan fingerprint density at radius 3 is 1.55 bits per heavy atom. The van der Waals surface area contributed by atoms with Gasteiger partial charge in [-0.15, -0.1) is 0 Å². The average molecular weight is 383 g/mol. The Morgan fingerprint density at radius 1 is 0.724 bits per heavy atom. The van der Waals surface area contributed by atoms with E-state index in [4.69, 9.17) is 4.74 Å². The molecular formula is C28H30O. The van der Waals surface area contributed by atoms with E-state index in [0.717, 1.165) is 16.7 Å². The molecule has 1 atom stereocenters. The number of ether oxygens (including phenoxy) is 1. The largest absolute Gasteiger partial charge is 0.354 e. The summed E-state index contributed by atoms with van der Waals surface area (Å²) in [6, 6.07) is 31.8. The third-order valence-corrected chi connectivity index (χ3v) is 5.96. The van der Waals surface area contributed by atoms with Gasteiger partial charge in [0.05, 0.1) is 6.10 Å². The van der Waals surface area contributed by atoms with Crippen LogP contribution in [0.3, 0.4) is 0 Å². The molecule has 1 aliphatic rings. The highest BCUT2D eigenvalue weighted by atomic mass is 16.5. The van der Waals surface area contributed by atoms with E-state index in [1.54, 1.807) is 0 Å². The van der Waals surface area contributed by atoms with Gasteiger partial charge >= 0.3 is 0 Å². The predicted octanol–water partition coefficient (Wildman–Crippen LogP) is 7.13. The van der Waals surface area contributed by atoms with E-state index in [-0.39, 0.29) is 6.10 Å². The number of rotatable bonds is 7. The second-order valence-corrected chi connectivity index (χ2v) is 8.03. The Kier molecular flexibility index (Phi) is 6.27. The Hall–Kier alpha value is -2.64. The Balaban J connectivity index is 1.79. The monoisotopic (exact) mass is 382 g/mol. The number of hydrogen-bond acceptors (Lipinski definition) is 1. The van der Waals surface area contributed by atoms with Crippen molar-refractivity contribution in [3.63, 3.8) is 0 Å². The van der Waals surface area contributed by atoms with Crippen LogP contribution >= 0.6 is 0 Å². The van der Waals surface area contributed by atoms with Crippen molar-refractivity contribution >= 4 is 0 Å². The van der Waals surface area contributed by atoms with Crippen molar-refractivity contribution in [2.24, 2.45) is 5.92 Å². The van der Waals surface area contributed by atoms with E-state index in [1.807, 2.05) is 0 Å². The molecule has 0 spiro atoms. The molecule has 1 nitrogen and oxygen atoms in total. The SMILES string of the molecule is CC(C=CC1CCCC1)OC(c1ccccc1)(c1ccccc1)c1ccccc1. The molecule has 1 aliphatic carbocycles. The van der Waals surface area contributed by atoms with Crippen LogP contribution in [0.5, 0.6) is 0 Å². The van der Waals surface area contributed by atoms with E-state index in [2.05, 4.69) is 110 Å². The summed E-state index contributed by atoms with van der Waals surface area (Å²) >= 11 is 0. The Morgan fingerprint density at radius 2 is 1.14 bits per heavy atom. The lowest BCUT2D eigenvalue weighted by Crippen LogP contribution is -2.35. The summed E-state index contributed by atoms with van der Waals surface area (Å²) in [6.07, 6.45) is 9.97. The van der Waals surface area contributed by atoms with Crippen LogP contribution in [0.25, 0.3) is 0 Å². The van der Waals surface area contributed by atoms with Gasteiger partial charge in [0.1, 0.15) is 5.60 Å². The topological polar surface area (TPSA) is 9.23 Å². The summed E-state index contributed by atoms with van der Waals surface area (Å²) < 4.78 is 6.97. The zero-order valence-corrected chi connectivity index (χ0v) is 17.2. The molecule has 3 aromatic carbocycles. The molecule has 1 heteroatoms. The summed E-state index contributed by atoms with van der Waals surface area (Å²) in [5.41, 5.74) is 2.80. The summed E-state index contributed by atoms with van der Waals surface area (Å²) in [5, 5.41) is 0. The quantitative estimate of drug-likeness (QED) is 0.312. The Bertz CT molecular complexity index is 796.